The van der Waals surface area contributed by atoms with Gasteiger partial charge in [0, 0.05) is 25.8 Å². The van der Waals surface area contributed by atoms with E-state index in [0.717, 1.165) is 10.6 Å². The summed E-state index contributed by atoms with van der Waals surface area (Å²) in [6.07, 6.45) is 1.03. The van der Waals surface area contributed by atoms with Crippen LogP contribution in [0.25, 0.3) is 0 Å². The molecule has 0 unspecified atom stereocenters. The predicted octanol–water partition coefficient (Wildman–Crippen LogP) is 1.28. The topological polar surface area (TPSA) is 113 Å². The zero-order valence-electron chi connectivity index (χ0n) is 17.3. The standard InChI is InChI=1S/C20H25N3O6S2/c1-22(30(2,25)26)19(16-6-4-3-5-7-16)20(24)21-17-8-10-18(11-9-17)31(27,28)23-12-14-29-15-13-23/h3-11,19H,12-15H2,1-2H3,(H,21,24)/t19-/m0/s1. The van der Waals surface area contributed by atoms with Crippen LogP contribution in [0, 0.1) is 0 Å². The molecule has 1 aliphatic rings. The molecular formula is C20H25N3O6S2. The Bertz CT molecular complexity index is 1110. The summed E-state index contributed by atoms with van der Waals surface area (Å²) in [4.78, 5) is 13.1. The van der Waals surface area contributed by atoms with Crippen LogP contribution in [0.4, 0.5) is 5.69 Å². The molecule has 0 aromatic heterocycles. The first-order valence-electron chi connectivity index (χ1n) is 9.57. The van der Waals surface area contributed by atoms with Crippen molar-refractivity contribution in [3.05, 3.63) is 60.2 Å². The number of sulfonamides is 2. The molecule has 3 rings (SSSR count). The Kier molecular flexibility index (Phi) is 7.12. The van der Waals surface area contributed by atoms with E-state index < -0.39 is 32.0 Å². The van der Waals surface area contributed by atoms with Crippen molar-refractivity contribution in [3.8, 4) is 0 Å². The Morgan fingerprint density at radius 2 is 1.58 bits per heavy atom. The largest absolute Gasteiger partial charge is 0.379 e. The van der Waals surface area contributed by atoms with Crippen LogP contribution < -0.4 is 5.32 Å². The Hall–Kier alpha value is -2.31. The Morgan fingerprint density at radius 1 is 1.00 bits per heavy atom. The van der Waals surface area contributed by atoms with E-state index >= 15 is 0 Å². The molecule has 1 fully saturated rings. The fourth-order valence-corrected chi connectivity index (χ4v) is 5.22. The van der Waals surface area contributed by atoms with E-state index in [2.05, 4.69) is 5.32 Å². The highest BCUT2D eigenvalue weighted by molar-refractivity contribution is 7.89. The van der Waals surface area contributed by atoms with E-state index in [9.17, 15) is 21.6 Å². The van der Waals surface area contributed by atoms with Crippen molar-refractivity contribution in [2.75, 3.05) is 44.9 Å². The van der Waals surface area contributed by atoms with Gasteiger partial charge in [0.05, 0.1) is 24.4 Å². The second kappa shape index (κ2) is 9.45. The summed E-state index contributed by atoms with van der Waals surface area (Å²) < 4.78 is 57.1. The molecule has 1 amide bonds. The van der Waals surface area contributed by atoms with E-state index in [1.165, 1.54) is 35.6 Å². The van der Waals surface area contributed by atoms with E-state index in [-0.39, 0.29) is 18.0 Å². The van der Waals surface area contributed by atoms with Crippen LogP contribution in [-0.4, -0.2) is 71.0 Å². The molecule has 1 atom stereocenters. The van der Waals surface area contributed by atoms with Crippen molar-refractivity contribution in [3.63, 3.8) is 0 Å². The van der Waals surface area contributed by atoms with Crippen molar-refractivity contribution < 1.29 is 26.4 Å². The highest BCUT2D eigenvalue weighted by Gasteiger charge is 2.31. The SMILES string of the molecule is CN([C@H](C(=O)Nc1ccc(S(=O)(=O)N2CCOCC2)cc1)c1ccccc1)S(C)(=O)=O. The second-order valence-corrected chi connectivity index (χ2v) is 11.1. The molecule has 1 heterocycles. The van der Waals surface area contributed by atoms with Gasteiger partial charge >= 0.3 is 0 Å². The molecule has 0 bridgehead atoms. The van der Waals surface area contributed by atoms with Crippen molar-refractivity contribution in [1.29, 1.82) is 0 Å². The number of likely N-dealkylation sites (N-methyl/N-ethyl adjacent to an activating group) is 1. The molecule has 1 saturated heterocycles. The summed E-state index contributed by atoms with van der Waals surface area (Å²) in [5.74, 6) is -0.553. The van der Waals surface area contributed by atoms with Gasteiger partial charge in [0.2, 0.25) is 26.0 Å². The molecule has 2 aromatic carbocycles. The maximum Gasteiger partial charge on any atom is 0.247 e. The number of anilines is 1. The minimum absolute atomic E-state index is 0.111. The quantitative estimate of drug-likeness (QED) is 0.656. The van der Waals surface area contributed by atoms with Gasteiger partial charge in [-0.25, -0.2) is 16.8 Å². The smallest absolute Gasteiger partial charge is 0.247 e. The number of nitrogens with one attached hydrogen (secondary N) is 1. The Morgan fingerprint density at radius 3 is 2.13 bits per heavy atom. The minimum Gasteiger partial charge on any atom is -0.379 e. The lowest BCUT2D eigenvalue weighted by atomic mass is 10.1. The lowest BCUT2D eigenvalue weighted by Gasteiger charge is -2.26. The lowest BCUT2D eigenvalue weighted by Crippen LogP contribution is -2.40. The number of hydrogen-bond acceptors (Lipinski definition) is 6. The summed E-state index contributed by atoms with van der Waals surface area (Å²) in [6, 6.07) is 13.3. The normalized spacial score (nSPS) is 16.7. The highest BCUT2D eigenvalue weighted by Crippen LogP contribution is 2.25. The van der Waals surface area contributed by atoms with Crippen LogP contribution in [0.1, 0.15) is 11.6 Å². The van der Waals surface area contributed by atoms with Crippen LogP contribution in [0.3, 0.4) is 0 Å². The molecule has 31 heavy (non-hydrogen) atoms. The number of benzene rings is 2. The zero-order chi connectivity index (χ0) is 22.6. The van der Waals surface area contributed by atoms with Gasteiger partial charge in [-0.3, -0.25) is 4.79 Å². The van der Waals surface area contributed by atoms with Crippen molar-refractivity contribution >= 4 is 31.6 Å². The Balaban J connectivity index is 1.81. The van der Waals surface area contributed by atoms with Crippen LogP contribution in [0.15, 0.2) is 59.5 Å². The predicted molar refractivity (Wildman–Crippen MR) is 116 cm³/mol. The van der Waals surface area contributed by atoms with Crippen molar-refractivity contribution in [2.24, 2.45) is 0 Å². The van der Waals surface area contributed by atoms with E-state index in [0.29, 0.717) is 24.5 Å². The Labute approximate surface area is 182 Å². The van der Waals surface area contributed by atoms with Gasteiger partial charge in [0.25, 0.3) is 0 Å². The first-order chi connectivity index (χ1) is 14.6. The molecular weight excluding hydrogens is 442 g/mol. The van der Waals surface area contributed by atoms with Gasteiger partial charge < -0.3 is 10.1 Å². The highest BCUT2D eigenvalue weighted by atomic mass is 32.2. The molecule has 11 heteroatoms. The average Bonchev–Trinajstić information content (AvgIpc) is 2.75. The number of carbonyl (C=O) groups excluding carboxylic acids is 1. The van der Waals surface area contributed by atoms with Gasteiger partial charge in [0.15, 0.2) is 0 Å². The number of rotatable bonds is 7. The van der Waals surface area contributed by atoms with Gasteiger partial charge in [-0.05, 0) is 29.8 Å². The summed E-state index contributed by atoms with van der Waals surface area (Å²) in [5, 5.41) is 2.68. The molecule has 0 aliphatic carbocycles. The summed E-state index contributed by atoms with van der Waals surface area (Å²) >= 11 is 0. The summed E-state index contributed by atoms with van der Waals surface area (Å²) in [7, 11) is -5.96. The third-order valence-electron chi connectivity index (χ3n) is 4.98. The minimum atomic E-state index is -3.65. The maximum atomic E-state index is 13.0. The fourth-order valence-electron chi connectivity index (χ4n) is 3.21. The van der Waals surface area contributed by atoms with Crippen molar-refractivity contribution in [1.82, 2.24) is 8.61 Å². The second-order valence-electron chi connectivity index (χ2n) is 7.12. The molecule has 168 valence electrons. The number of carbonyl (C=O) groups is 1. The van der Waals surface area contributed by atoms with Crippen LogP contribution in [0.2, 0.25) is 0 Å². The molecule has 1 N–H and O–H groups in total. The number of amides is 1. The molecule has 0 radical (unpaired) electrons. The monoisotopic (exact) mass is 467 g/mol. The fraction of sp³-hybridized carbons (Fsp3) is 0.350. The van der Waals surface area contributed by atoms with E-state index in [1.807, 2.05) is 0 Å². The van der Waals surface area contributed by atoms with E-state index in [1.54, 1.807) is 30.3 Å². The maximum absolute atomic E-state index is 13.0. The zero-order valence-corrected chi connectivity index (χ0v) is 18.9. The third-order valence-corrected chi connectivity index (χ3v) is 8.15. The molecule has 0 spiro atoms. The van der Waals surface area contributed by atoms with Gasteiger partial charge in [-0.1, -0.05) is 30.3 Å². The molecule has 2 aromatic rings. The molecule has 9 nitrogen and oxygen atoms in total. The van der Waals surface area contributed by atoms with Crippen LogP contribution >= 0.6 is 0 Å². The van der Waals surface area contributed by atoms with Gasteiger partial charge in [-0.15, -0.1) is 0 Å². The summed E-state index contributed by atoms with van der Waals surface area (Å²) in [5.41, 5.74) is 0.869. The molecule has 1 aliphatic heterocycles. The number of hydrogen-bond donors (Lipinski definition) is 1. The summed E-state index contributed by atoms with van der Waals surface area (Å²) in [6.45, 7) is 1.28. The van der Waals surface area contributed by atoms with Crippen LogP contribution in [-0.2, 0) is 29.6 Å². The van der Waals surface area contributed by atoms with Crippen LogP contribution in [0.5, 0.6) is 0 Å². The first kappa shape index (κ1) is 23.4. The van der Waals surface area contributed by atoms with Gasteiger partial charge in [0.1, 0.15) is 6.04 Å². The number of morpholine rings is 1. The van der Waals surface area contributed by atoms with Crippen molar-refractivity contribution in [2.45, 2.75) is 10.9 Å². The molecule has 0 saturated carbocycles. The number of ether oxygens (including phenoxy) is 1. The first-order valence-corrected chi connectivity index (χ1v) is 12.9. The average molecular weight is 468 g/mol. The third kappa shape index (κ3) is 5.49. The van der Waals surface area contributed by atoms with Gasteiger partial charge in [-0.2, -0.15) is 8.61 Å². The lowest BCUT2D eigenvalue weighted by molar-refractivity contribution is -0.119. The number of nitrogens with zero attached hydrogens (tertiary/aromatic N) is 2. The van der Waals surface area contributed by atoms with E-state index in [4.69, 9.17) is 4.74 Å².